The van der Waals surface area contributed by atoms with Gasteiger partial charge in [0.25, 0.3) is 5.56 Å². The summed E-state index contributed by atoms with van der Waals surface area (Å²) in [6.45, 7) is 0.474. The molecule has 5 heteroatoms. The van der Waals surface area contributed by atoms with E-state index in [4.69, 9.17) is 11.6 Å². The molecular weight excluding hydrogens is 322 g/mol. The van der Waals surface area contributed by atoms with Crippen molar-refractivity contribution in [2.24, 2.45) is 0 Å². The monoisotopic (exact) mass is 335 g/mol. The Balaban J connectivity index is 1.76. The average Bonchev–Trinajstić information content (AvgIpc) is 3.03. The number of hydrogen-bond acceptors (Lipinski definition) is 2. The van der Waals surface area contributed by atoms with Crippen LogP contribution in [0, 0.1) is 0 Å². The summed E-state index contributed by atoms with van der Waals surface area (Å²) in [5.74, 6) is 0. The van der Waals surface area contributed by atoms with E-state index in [0.717, 1.165) is 16.8 Å². The Morgan fingerprint density at radius 2 is 1.79 bits per heavy atom. The summed E-state index contributed by atoms with van der Waals surface area (Å²) in [5, 5.41) is 5.15. The van der Waals surface area contributed by atoms with Gasteiger partial charge in [0.2, 0.25) is 0 Å². The molecule has 2 heterocycles. The van der Waals surface area contributed by atoms with Crippen molar-refractivity contribution < 1.29 is 0 Å². The molecule has 4 rings (SSSR count). The van der Waals surface area contributed by atoms with E-state index < -0.39 is 0 Å². The third-order valence-corrected chi connectivity index (χ3v) is 4.15. The number of benzene rings is 2. The molecule has 2 aromatic heterocycles. The molecular formula is C19H14ClN3O. The van der Waals surface area contributed by atoms with Crippen LogP contribution in [0.5, 0.6) is 0 Å². The van der Waals surface area contributed by atoms with Gasteiger partial charge in [0.05, 0.1) is 12.2 Å². The van der Waals surface area contributed by atoms with Gasteiger partial charge < -0.3 is 4.57 Å². The number of aromatic nitrogens is 3. The lowest BCUT2D eigenvalue weighted by Gasteiger charge is -2.06. The Morgan fingerprint density at radius 1 is 0.958 bits per heavy atom. The minimum Gasteiger partial charge on any atom is -0.308 e. The molecule has 0 unspecified atom stereocenters. The first-order valence-corrected chi connectivity index (χ1v) is 7.97. The number of halogens is 1. The van der Waals surface area contributed by atoms with Crippen LogP contribution in [-0.4, -0.2) is 14.2 Å². The molecule has 0 fully saturated rings. The molecule has 0 spiro atoms. The lowest BCUT2D eigenvalue weighted by molar-refractivity contribution is 0.743. The normalized spacial score (nSPS) is 11.0. The Labute approximate surface area is 143 Å². The van der Waals surface area contributed by atoms with Crippen molar-refractivity contribution in [3.8, 4) is 11.3 Å². The second kappa shape index (κ2) is 5.98. The van der Waals surface area contributed by atoms with Crippen LogP contribution < -0.4 is 5.56 Å². The van der Waals surface area contributed by atoms with Gasteiger partial charge in [-0.25, -0.2) is 4.52 Å². The van der Waals surface area contributed by atoms with Crippen LogP contribution in [0.25, 0.3) is 16.8 Å². The van der Waals surface area contributed by atoms with Crippen molar-refractivity contribution >= 4 is 17.1 Å². The standard InChI is InChI=1S/C19H14ClN3O/c20-16-8-4-5-14(11-16)13-22-9-10-23-18(19(22)24)12-17(21-23)15-6-2-1-3-7-15/h1-12H,13H2. The van der Waals surface area contributed by atoms with Crippen molar-refractivity contribution in [1.82, 2.24) is 14.2 Å². The first kappa shape index (κ1) is 14.7. The van der Waals surface area contributed by atoms with Gasteiger partial charge in [0, 0.05) is 23.0 Å². The Hall–Kier alpha value is -2.85. The molecule has 0 radical (unpaired) electrons. The van der Waals surface area contributed by atoms with Crippen molar-refractivity contribution in [3.05, 3.63) is 94.0 Å². The van der Waals surface area contributed by atoms with E-state index in [1.807, 2.05) is 60.7 Å². The summed E-state index contributed by atoms with van der Waals surface area (Å²) in [5.41, 5.74) is 3.23. The van der Waals surface area contributed by atoms with Crippen LogP contribution in [0.3, 0.4) is 0 Å². The topological polar surface area (TPSA) is 39.3 Å². The fourth-order valence-electron chi connectivity index (χ4n) is 2.73. The van der Waals surface area contributed by atoms with Crippen LogP contribution in [0.2, 0.25) is 5.02 Å². The molecule has 2 aromatic carbocycles. The van der Waals surface area contributed by atoms with Crippen molar-refractivity contribution in [3.63, 3.8) is 0 Å². The maximum Gasteiger partial charge on any atom is 0.276 e. The molecule has 0 amide bonds. The first-order chi connectivity index (χ1) is 11.7. The maximum absolute atomic E-state index is 12.7. The Morgan fingerprint density at radius 3 is 2.58 bits per heavy atom. The van der Waals surface area contributed by atoms with E-state index in [9.17, 15) is 4.79 Å². The van der Waals surface area contributed by atoms with Gasteiger partial charge in [-0.15, -0.1) is 0 Å². The second-order valence-electron chi connectivity index (χ2n) is 5.59. The molecule has 0 atom stereocenters. The van der Waals surface area contributed by atoms with Crippen molar-refractivity contribution in [2.45, 2.75) is 6.54 Å². The number of fused-ring (bicyclic) bond motifs is 1. The summed E-state index contributed by atoms with van der Waals surface area (Å²) in [6, 6.07) is 19.2. The molecule has 0 bridgehead atoms. The van der Waals surface area contributed by atoms with Gasteiger partial charge in [-0.3, -0.25) is 4.79 Å². The van der Waals surface area contributed by atoms with Gasteiger partial charge in [-0.05, 0) is 23.8 Å². The lowest BCUT2D eigenvalue weighted by Crippen LogP contribution is -2.21. The molecule has 4 nitrogen and oxygen atoms in total. The highest BCUT2D eigenvalue weighted by atomic mass is 35.5. The number of rotatable bonds is 3. The SMILES string of the molecule is O=c1c2cc(-c3ccccc3)nn2ccn1Cc1cccc(Cl)c1. The molecule has 0 aliphatic carbocycles. The molecule has 24 heavy (non-hydrogen) atoms. The highest BCUT2D eigenvalue weighted by molar-refractivity contribution is 6.30. The van der Waals surface area contributed by atoms with Crippen LogP contribution in [-0.2, 0) is 6.54 Å². The Kier molecular flexibility index (Phi) is 3.67. The van der Waals surface area contributed by atoms with Gasteiger partial charge >= 0.3 is 0 Å². The predicted molar refractivity (Wildman–Crippen MR) is 95.4 cm³/mol. The largest absolute Gasteiger partial charge is 0.308 e. The highest BCUT2D eigenvalue weighted by Crippen LogP contribution is 2.18. The zero-order valence-corrected chi connectivity index (χ0v) is 13.5. The molecule has 0 saturated carbocycles. The molecule has 0 aliphatic heterocycles. The van der Waals surface area contributed by atoms with E-state index in [-0.39, 0.29) is 5.56 Å². The van der Waals surface area contributed by atoms with E-state index in [2.05, 4.69) is 5.10 Å². The summed E-state index contributed by atoms with van der Waals surface area (Å²) in [4.78, 5) is 12.7. The molecule has 0 N–H and O–H groups in total. The van der Waals surface area contributed by atoms with Crippen LogP contribution in [0.4, 0.5) is 0 Å². The smallest absolute Gasteiger partial charge is 0.276 e. The zero-order valence-electron chi connectivity index (χ0n) is 12.8. The van der Waals surface area contributed by atoms with Crippen LogP contribution in [0.15, 0.2) is 77.9 Å². The predicted octanol–water partition coefficient (Wildman–Crippen LogP) is 3.86. The Bertz CT molecular complexity index is 1070. The first-order valence-electron chi connectivity index (χ1n) is 7.59. The van der Waals surface area contributed by atoms with Gasteiger partial charge in [-0.2, -0.15) is 5.10 Å². The van der Waals surface area contributed by atoms with Crippen molar-refractivity contribution in [2.75, 3.05) is 0 Å². The fraction of sp³-hybridized carbons (Fsp3) is 0.0526. The molecule has 4 aromatic rings. The van der Waals surface area contributed by atoms with Crippen LogP contribution >= 0.6 is 11.6 Å². The van der Waals surface area contributed by atoms with Gasteiger partial charge in [0.1, 0.15) is 5.52 Å². The summed E-state index contributed by atoms with van der Waals surface area (Å²) < 4.78 is 3.29. The minimum atomic E-state index is -0.0767. The van der Waals surface area contributed by atoms with E-state index >= 15 is 0 Å². The zero-order chi connectivity index (χ0) is 16.5. The number of hydrogen-bond donors (Lipinski definition) is 0. The third-order valence-electron chi connectivity index (χ3n) is 3.92. The van der Waals surface area contributed by atoms with E-state index in [1.54, 1.807) is 21.5 Å². The highest BCUT2D eigenvalue weighted by Gasteiger charge is 2.09. The molecule has 118 valence electrons. The maximum atomic E-state index is 12.7. The minimum absolute atomic E-state index is 0.0767. The van der Waals surface area contributed by atoms with E-state index in [1.165, 1.54) is 0 Å². The average molecular weight is 336 g/mol. The van der Waals surface area contributed by atoms with Crippen molar-refractivity contribution in [1.29, 1.82) is 0 Å². The van der Waals surface area contributed by atoms with Gasteiger partial charge in [0.15, 0.2) is 0 Å². The summed E-state index contributed by atoms with van der Waals surface area (Å²) >= 11 is 6.02. The van der Waals surface area contributed by atoms with Crippen LogP contribution in [0.1, 0.15) is 5.56 Å². The summed E-state index contributed by atoms with van der Waals surface area (Å²) in [6.07, 6.45) is 3.55. The van der Waals surface area contributed by atoms with Gasteiger partial charge in [-0.1, -0.05) is 54.1 Å². The molecule has 0 aliphatic rings. The fourth-order valence-corrected chi connectivity index (χ4v) is 2.95. The lowest BCUT2D eigenvalue weighted by atomic mass is 10.1. The summed E-state index contributed by atoms with van der Waals surface area (Å²) in [7, 11) is 0. The van der Waals surface area contributed by atoms with E-state index in [0.29, 0.717) is 17.1 Å². The quantitative estimate of drug-likeness (QED) is 0.570. The number of nitrogens with zero attached hydrogens (tertiary/aromatic N) is 3. The molecule has 0 saturated heterocycles. The second-order valence-corrected chi connectivity index (χ2v) is 6.02. The third kappa shape index (κ3) is 2.72.